The molecule has 1 atom stereocenters. The highest BCUT2D eigenvalue weighted by molar-refractivity contribution is 5.26. The van der Waals surface area contributed by atoms with Gasteiger partial charge in [0.2, 0.25) is 0 Å². The van der Waals surface area contributed by atoms with E-state index < -0.39 is 6.10 Å². The molecule has 0 amide bonds. The minimum absolute atomic E-state index is 0.308. The Balaban J connectivity index is 1.56. The van der Waals surface area contributed by atoms with Crippen molar-refractivity contribution >= 4 is 0 Å². The van der Waals surface area contributed by atoms with Crippen molar-refractivity contribution < 1.29 is 14.6 Å². The number of nitrogens with zero attached hydrogens (tertiary/aromatic N) is 2. The summed E-state index contributed by atoms with van der Waals surface area (Å²) in [4.78, 5) is 2.23. The first-order valence-corrected chi connectivity index (χ1v) is 10.8. The SMILES string of the molecule is COCCN(Cc1cccn1Cc1ccccc1C)C[C@H](O)COCc1ccccc1. The minimum atomic E-state index is -0.555. The first-order valence-electron chi connectivity index (χ1n) is 10.8. The summed E-state index contributed by atoms with van der Waals surface area (Å²) in [6, 6.07) is 22.7. The van der Waals surface area contributed by atoms with E-state index in [1.54, 1.807) is 7.11 Å². The lowest BCUT2D eigenvalue weighted by Gasteiger charge is -2.25. The van der Waals surface area contributed by atoms with Crippen molar-refractivity contribution in [1.82, 2.24) is 9.47 Å². The van der Waals surface area contributed by atoms with E-state index in [0.717, 1.165) is 25.2 Å². The maximum Gasteiger partial charge on any atom is 0.0900 e. The van der Waals surface area contributed by atoms with Gasteiger partial charge in [-0.1, -0.05) is 54.6 Å². The number of aryl methyl sites for hydroxylation is 1. The molecule has 0 aliphatic rings. The maximum absolute atomic E-state index is 10.6. The number of methoxy groups -OCH3 is 1. The number of aliphatic hydroxyl groups is 1. The Morgan fingerprint density at radius 2 is 1.77 bits per heavy atom. The van der Waals surface area contributed by atoms with Crippen LogP contribution in [0.4, 0.5) is 0 Å². The first-order chi connectivity index (χ1) is 15.2. The van der Waals surface area contributed by atoms with Gasteiger partial charge in [-0.05, 0) is 35.7 Å². The number of rotatable bonds is 13. The molecule has 2 aromatic carbocycles. The van der Waals surface area contributed by atoms with Gasteiger partial charge in [-0.2, -0.15) is 0 Å². The van der Waals surface area contributed by atoms with E-state index in [9.17, 15) is 5.11 Å². The van der Waals surface area contributed by atoms with Crippen LogP contribution in [-0.4, -0.2) is 54.1 Å². The van der Waals surface area contributed by atoms with Gasteiger partial charge in [0.05, 0.1) is 25.9 Å². The van der Waals surface area contributed by atoms with Crippen LogP contribution >= 0.6 is 0 Å². The molecule has 1 N–H and O–H groups in total. The predicted molar refractivity (Wildman–Crippen MR) is 124 cm³/mol. The summed E-state index contributed by atoms with van der Waals surface area (Å²) < 4.78 is 13.3. The van der Waals surface area contributed by atoms with Gasteiger partial charge in [-0.25, -0.2) is 0 Å². The van der Waals surface area contributed by atoms with Crippen molar-refractivity contribution in [2.75, 3.05) is 33.4 Å². The lowest BCUT2D eigenvalue weighted by atomic mass is 10.1. The van der Waals surface area contributed by atoms with Crippen LogP contribution in [0.1, 0.15) is 22.4 Å². The van der Waals surface area contributed by atoms with Gasteiger partial charge in [0.15, 0.2) is 0 Å². The minimum Gasteiger partial charge on any atom is -0.389 e. The zero-order valence-corrected chi connectivity index (χ0v) is 18.6. The van der Waals surface area contributed by atoms with Crippen molar-refractivity contribution in [1.29, 1.82) is 0 Å². The standard InChI is InChI=1S/C26H34N2O3/c1-22-9-6-7-12-24(22)17-28-14-8-13-25(28)18-27(15-16-30-2)19-26(29)21-31-20-23-10-4-3-5-11-23/h3-14,26,29H,15-21H2,1-2H3/t26-/m0/s1. The third kappa shape index (κ3) is 7.64. The molecular formula is C26H34N2O3. The summed E-state index contributed by atoms with van der Waals surface area (Å²) in [5.41, 5.74) is 4.94. The van der Waals surface area contributed by atoms with Crippen molar-refractivity contribution in [2.24, 2.45) is 0 Å². The molecule has 0 saturated heterocycles. The summed E-state index contributed by atoms with van der Waals surface area (Å²) in [6.45, 7) is 6.46. The van der Waals surface area contributed by atoms with Crippen molar-refractivity contribution in [2.45, 2.75) is 32.7 Å². The van der Waals surface area contributed by atoms with Gasteiger partial charge >= 0.3 is 0 Å². The van der Waals surface area contributed by atoms with Crippen LogP contribution in [-0.2, 0) is 29.2 Å². The Hall–Kier alpha value is -2.44. The normalized spacial score (nSPS) is 12.4. The average Bonchev–Trinajstić information content (AvgIpc) is 3.21. The Labute approximate surface area is 185 Å². The predicted octanol–water partition coefficient (Wildman–Crippen LogP) is 3.87. The molecule has 0 saturated carbocycles. The van der Waals surface area contributed by atoms with E-state index >= 15 is 0 Å². The molecule has 0 unspecified atom stereocenters. The number of hydrogen-bond donors (Lipinski definition) is 1. The van der Waals surface area contributed by atoms with Crippen LogP contribution in [0.25, 0.3) is 0 Å². The van der Waals surface area contributed by atoms with E-state index in [0.29, 0.717) is 26.4 Å². The highest BCUT2D eigenvalue weighted by atomic mass is 16.5. The van der Waals surface area contributed by atoms with Crippen molar-refractivity contribution in [3.05, 3.63) is 95.3 Å². The van der Waals surface area contributed by atoms with Crippen LogP contribution in [0.2, 0.25) is 0 Å². The number of ether oxygens (including phenoxy) is 2. The van der Waals surface area contributed by atoms with Crippen LogP contribution < -0.4 is 0 Å². The van der Waals surface area contributed by atoms with Crippen molar-refractivity contribution in [3.8, 4) is 0 Å². The smallest absolute Gasteiger partial charge is 0.0900 e. The molecular weight excluding hydrogens is 388 g/mol. The number of benzene rings is 2. The first kappa shape index (κ1) is 23.2. The molecule has 0 spiro atoms. The molecule has 0 fully saturated rings. The van der Waals surface area contributed by atoms with Gasteiger partial charge < -0.3 is 19.1 Å². The Kier molecular flexibility index (Phi) is 9.31. The molecule has 0 bridgehead atoms. The molecule has 5 heteroatoms. The maximum atomic E-state index is 10.6. The largest absolute Gasteiger partial charge is 0.389 e. The summed E-state index contributed by atoms with van der Waals surface area (Å²) in [5.74, 6) is 0. The molecule has 0 aliphatic carbocycles. The highest BCUT2D eigenvalue weighted by Crippen LogP contribution is 2.14. The zero-order chi connectivity index (χ0) is 21.9. The molecule has 5 nitrogen and oxygen atoms in total. The van der Waals surface area contributed by atoms with Crippen LogP contribution in [0, 0.1) is 6.92 Å². The number of aromatic nitrogens is 1. The lowest BCUT2D eigenvalue weighted by molar-refractivity contribution is 0.00443. The van der Waals surface area contributed by atoms with Gasteiger partial charge in [0.1, 0.15) is 0 Å². The summed E-state index contributed by atoms with van der Waals surface area (Å²) >= 11 is 0. The van der Waals surface area contributed by atoms with Gasteiger partial charge in [-0.3, -0.25) is 4.90 Å². The zero-order valence-electron chi connectivity index (χ0n) is 18.6. The molecule has 166 valence electrons. The fourth-order valence-electron chi connectivity index (χ4n) is 3.64. The second kappa shape index (κ2) is 12.4. The Morgan fingerprint density at radius 1 is 1.00 bits per heavy atom. The fraction of sp³-hybridized carbons (Fsp3) is 0.385. The number of hydrogen-bond acceptors (Lipinski definition) is 4. The van der Waals surface area contributed by atoms with Crippen LogP contribution in [0.5, 0.6) is 0 Å². The van der Waals surface area contributed by atoms with E-state index in [1.165, 1.54) is 16.8 Å². The third-order valence-corrected chi connectivity index (χ3v) is 5.41. The Bertz CT molecular complexity index is 894. The topological polar surface area (TPSA) is 46.9 Å². The van der Waals surface area contributed by atoms with E-state index in [1.807, 2.05) is 30.3 Å². The average molecular weight is 423 g/mol. The second-order valence-electron chi connectivity index (χ2n) is 7.94. The molecule has 31 heavy (non-hydrogen) atoms. The summed E-state index contributed by atoms with van der Waals surface area (Å²) in [7, 11) is 1.71. The van der Waals surface area contributed by atoms with E-state index in [-0.39, 0.29) is 0 Å². The highest BCUT2D eigenvalue weighted by Gasteiger charge is 2.15. The molecule has 3 rings (SSSR count). The molecule has 3 aromatic rings. The summed E-state index contributed by atoms with van der Waals surface area (Å²) in [6.07, 6.45) is 1.57. The fourth-order valence-corrected chi connectivity index (χ4v) is 3.64. The second-order valence-corrected chi connectivity index (χ2v) is 7.94. The monoisotopic (exact) mass is 422 g/mol. The van der Waals surface area contributed by atoms with Gasteiger partial charge in [0, 0.05) is 45.2 Å². The van der Waals surface area contributed by atoms with Crippen LogP contribution in [0.15, 0.2) is 72.9 Å². The Morgan fingerprint density at radius 3 is 2.55 bits per heavy atom. The molecule has 1 aromatic heterocycles. The van der Waals surface area contributed by atoms with E-state index in [2.05, 4.69) is 59.0 Å². The van der Waals surface area contributed by atoms with Crippen molar-refractivity contribution in [3.63, 3.8) is 0 Å². The van der Waals surface area contributed by atoms with Gasteiger partial charge in [0.25, 0.3) is 0 Å². The summed E-state index contributed by atoms with van der Waals surface area (Å²) in [5, 5.41) is 10.6. The molecule has 0 aliphatic heterocycles. The van der Waals surface area contributed by atoms with Gasteiger partial charge in [-0.15, -0.1) is 0 Å². The lowest BCUT2D eigenvalue weighted by Crippen LogP contribution is -2.37. The molecule has 1 heterocycles. The van der Waals surface area contributed by atoms with Crippen LogP contribution in [0.3, 0.4) is 0 Å². The molecule has 0 radical (unpaired) electrons. The third-order valence-electron chi connectivity index (χ3n) is 5.41. The number of aliphatic hydroxyl groups excluding tert-OH is 1. The van der Waals surface area contributed by atoms with E-state index in [4.69, 9.17) is 9.47 Å². The quantitative estimate of drug-likeness (QED) is 0.454.